The molecule has 0 heterocycles. The zero-order valence-corrected chi connectivity index (χ0v) is 23.6. The molecule has 8 heteroatoms. The second-order valence-electron chi connectivity index (χ2n) is 11.7. The van der Waals surface area contributed by atoms with Crippen molar-refractivity contribution in [2.45, 2.75) is 104 Å². The lowest BCUT2D eigenvalue weighted by molar-refractivity contribution is 0.643. The molecule has 0 atom stereocenters. The van der Waals surface area contributed by atoms with Crippen LogP contribution in [0, 0.1) is 0 Å². The Morgan fingerprint density at radius 2 is 0.808 bits per heavy atom. The van der Waals surface area contributed by atoms with Gasteiger partial charge in [0.15, 0.2) is 32.9 Å². The molecular weight excluding hydrogens is 385 g/mol. The van der Waals surface area contributed by atoms with Gasteiger partial charge in [-0.25, -0.2) is 10.2 Å². The minimum Gasteiger partial charge on any atom is -0.350 e. The quantitative estimate of drug-likeness (QED) is 0.371. The number of nitrogens with zero attached hydrogens (tertiary/aromatic N) is 4. The van der Waals surface area contributed by atoms with Gasteiger partial charge in [-0.2, -0.15) is 0 Å². The Morgan fingerprint density at radius 3 is 1.04 bits per heavy atom. The van der Waals surface area contributed by atoms with Crippen molar-refractivity contribution in [2.75, 3.05) is 0 Å². The molecule has 0 saturated heterocycles. The van der Waals surface area contributed by atoms with E-state index in [0.29, 0.717) is 0 Å². The summed E-state index contributed by atoms with van der Waals surface area (Å²) in [5.74, 6) is 0. The summed E-state index contributed by atoms with van der Waals surface area (Å²) >= 11 is 0. The SMILES string of the molecule is C[Si](C)(C)N(N=C1CCCC(=NN([Si](C)(C)C)[Si](C)(C)C)C1)[Si](C)(C)C. The molecule has 1 rings (SSSR count). The van der Waals surface area contributed by atoms with Crippen molar-refractivity contribution in [3.63, 3.8) is 0 Å². The number of rotatable bonds is 6. The van der Waals surface area contributed by atoms with Crippen molar-refractivity contribution in [2.24, 2.45) is 10.2 Å². The second-order valence-corrected chi connectivity index (χ2v) is 31.6. The molecule has 0 N–H and O–H groups in total. The summed E-state index contributed by atoms with van der Waals surface area (Å²) in [5.41, 5.74) is 2.73. The van der Waals surface area contributed by atoms with Crippen molar-refractivity contribution >= 4 is 44.4 Å². The molecule has 0 bridgehead atoms. The van der Waals surface area contributed by atoms with Crippen molar-refractivity contribution < 1.29 is 0 Å². The van der Waals surface area contributed by atoms with E-state index in [1.165, 1.54) is 17.8 Å². The first-order chi connectivity index (χ1) is 11.4. The Balaban J connectivity index is 3.15. The van der Waals surface area contributed by atoms with Gasteiger partial charge in [-0.1, -0.05) is 78.6 Å². The lowest BCUT2D eigenvalue weighted by atomic mass is 9.97. The van der Waals surface area contributed by atoms with Crippen LogP contribution in [0.2, 0.25) is 78.6 Å². The molecule has 0 unspecified atom stereocenters. The summed E-state index contributed by atoms with van der Waals surface area (Å²) in [6, 6.07) is 0. The van der Waals surface area contributed by atoms with Crippen LogP contribution in [-0.2, 0) is 0 Å². The van der Waals surface area contributed by atoms with E-state index >= 15 is 0 Å². The average molecular weight is 429 g/mol. The first-order valence-electron chi connectivity index (χ1n) is 10.2. The van der Waals surface area contributed by atoms with Crippen LogP contribution >= 0.6 is 0 Å². The monoisotopic (exact) mass is 428 g/mol. The highest BCUT2D eigenvalue weighted by molar-refractivity contribution is 6.90. The number of hydrazone groups is 2. The number of hydrogen-bond donors (Lipinski definition) is 0. The van der Waals surface area contributed by atoms with Crippen LogP contribution in [0.5, 0.6) is 0 Å². The molecule has 0 radical (unpaired) electrons. The van der Waals surface area contributed by atoms with Gasteiger partial charge in [0.2, 0.25) is 0 Å². The molecule has 0 aromatic heterocycles. The Morgan fingerprint density at radius 1 is 0.538 bits per heavy atom. The predicted octanol–water partition coefficient (Wildman–Crippen LogP) is 6.22. The summed E-state index contributed by atoms with van der Waals surface area (Å²) in [7, 11) is -5.80. The van der Waals surface area contributed by atoms with Crippen LogP contribution < -0.4 is 0 Å². The van der Waals surface area contributed by atoms with E-state index in [2.05, 4.69) is 87.2 Å². The molecule has 26 heavy (non-hydrogen) atoms. The third kappa shape index (κ3) is 7.09. The maximum absolute atomic E-state index is 5.26. The highest BCUT2D eigenvalue weighted by Gasteiger charge is 2.36. The van der Waals surface area contributed by atoms with Crippen molar-refractivity contribution in [1.29, 1.82) is 0 Å². The highest BCUT2D eigenvalue weighted by atomic mass is 28.4. The molecule has 152 valence electrons. The molecule has 1 aliphatic rings. The van der Waals surface area contributed by atoms with Gasteiger partial charge in [-0.15, -0.1) is 0 Å². The lowest BCUT2D eigenvalue weighted by Gasteiger charge is -2.43. The summed E-state index contributed by atoms with van der Waals surface area (Å²) in [5, 5.41) is 10.5. The van der Waals surface area contributed by atoms with Gasteiger partial charge in [-0.05, 0) is 19.3 Å². The van der Waals surface area contributed by atoms with E-state index in [1.54, 1.807) is 0 Å². The van der Waals surface area contributed by atoms with Gasteiger partial charge in [0.05, 0.1) is 0 Å². The van der Waals surface area contributed by atoms with Gasteiger partial charge >= 0.3 is 0 Å². The number of hydrogen-bond acceptors (Lipinski definition) is 4. The van der Waals surface area contributed by atoms with Crippen LogP contribution in [0.15, 0.2) is 10.2 Å². The molecule has 1 saturated carbocycles. The molecule has 4 nitrogen and oxygen atoms in total. The first kappa shape index (κ1) is 23.8. The molecule has 0 aromatic rings. The van der Waals surface area contributed by atoms with E-state index in [0.717, 1.165) is 19.3 Å². The van der Waals surface area contributed by atoms with Gasteiger partial charge < -0.3 is 8.68 Å². The van der Waals surface area contributed by atoms with Gasteiger partial charge in [0, 0.05) is 17.8 Å². The molecule has 0 aliphatic heterocycles. The fourth-order valence-corrected chi connectivity index (χ4v) is 21.8. The first-order valence-corrected chi connectivity index (χ1v) is 23.9. The average Bonchev–Trinajstić information content (AvgIpc) is 2.37. The zero-order chi connectivity index (χ0) is 20.6. The smallest absolute Gasteiger partial charge is 0.158 e. The van der Waals surface area contributed by atoms with Gasteiger partial charge in [0.1, 0.15) is 0 Å². The topological polar surface area (TPSA) is 31.2 Å². The minimum absolute atomic E-state index is 0.983. The van der Waals surface area contributed by atoms with Gasteiger partial charge in [-0.3, -0.25) is 0 Å². The van der Waals surface area contributed by atoms with E-state index in [9.17, 15) is 0 Å². The molecule has 0 aromatic carbocycles. The second kappa shape index (κ2) is 8.04. The summed E-state index contributed by atoms with van der Waals surface area (Å²) in [4.78, 5) is 0. The van der Waals surface area contributed by atoms with Crippen LogP contribution in [0.4, 0.5) is 0 Å². The van der Waals surface area contributed by atoms with E-state index in [1.807, 2.05) is 0 Å². The Labute approximate surface area is 167 Å². The van der Waals surface area contributed by atoms with Crippen molar-refractivity contribution in [1.82, 2.24) is 8.68 Å². The largest absolute Gasteiger partial charge is 0.350 e. The van der Waals surface area contributed by atoms with Crippen LogP contribution in [0.25, 0.3) is 0 Å². The summed E-state index contributed by atoms with van der Waals surface area (Å²) in [6.45, 7) is 29.1. The molecule has 0 spiro atoms. The lowest BCUT2D eigenvalue weighted by Crippen LogP contribution is -2.56. The summed E-state index contributed by atoms with van der Waals surface area (Å²) < 4.78 is 5.13. The third-order valence-electron chi connectivity index (χ3n) is 4.36. The molecule has 1 aliphatic carbocycles. The zero-order valence-electron chi connectivity index (χ0n) is 19.6. The maximum atomic E-state index is 5.26. The minimum atomic E-state index is -1.45. The van der Waals surface area contributed by atoms with Crippen LogP contribution in [0.3, 0.4) is 0 Å². The fraction of sp³-hybridized carbons (Fsp3) is 0.889. The van der Waals surface area contributed by atoms with Crippen LogP contribution in [-0.4, -0.2) is 53.0 Å². The Hall–Kier alpha value is -0.192. The van der Waals surface area contributed by atoms with Crippen LogP contribution in [0.1, 0.15) is 25.7 Å². The van der Waals surface area contributed by atoms with Crippen molar-refractivity contribution in [3.05, 3.63) is 0 Å². The van der Waals surface area contributed by atoms with E-state index in [-0.39, 0.29) is 0 Å². The standard InChI is InChI=1S/C18H44N4Si4/c1-23(2,3)21(24(4,5)6)19-17-14-13-15-18(16-17)20-22(25(7,8)9)26(10,11)12/h13-16H2,1-12H3. The molecule has 1 fully saturated rings. The van der Waals surface area contributed by atoms with E-state index < -0.39 is 32.9 Å². The highest BCUT2D eigenvalue weighted by Crippen LogP contribution is 2.25. The Kier molecular flexibility index (Phi) is 7.38. The molecular formula is C18H44N4Si4. The summed E-state index contributed by atoms with van der Waals surface area (Å²) in [6.07, 6.45) is 4.47. The Bertz CT molecular complexity index is 469. The van der Waals surface area contributed by atoms with Gasteiger partial charge in [0.25, 0.3) is 0 Å². The normalized spacial score (nSPS) is 20.6. The third-order valence-corrected chi connectivity index (χ3v) is 17.9. The molecule has 0 amide bonds. The van der Waals surface area contributed by atoms with Crippen molar-refractivity contribution in [3.8, 4) is 0 Å². The fourth-order valence-electron chi connectivity index (χ4n) is 3.97. The maximum Gasteiger partial charge on any atom is 0.158 e. The van der Waals surface area contributed by atoms with E-state index in [4.69, 9.17) is 10.2 Å². The predicted molar refractivity (Wildman–Crippen MR) is 130 cm³/mol.